The summed E-state index contributed by atoms with van der Waals surface area (Å²) < 4.78 is 11.7. The molecule has 40 nitrogen and oxygen atoms in total. The predicted molar refractivity (Wildman–Crippen MR) is 436 cm³/mol. The van der Waals surface area contributed by atoms with Crippen molar-refractivity contribution in [2.75, 3.05) is 32.8 Å². The van der Waals surface area contributed by atoms with Gasteiger partial charge in [0.25, 0.3) is 0 Å². The number of carbonyl (C=O) groups is 17. The van der Waals surface area contributed by atoms with Crippen LogP contribution in [0.1, 0.15) is 141 Å². The zero-order valence-electron chi connectivity index (χ0n) is 68.7. The molecule has 14 amide bonds. The van der Waals surface area contributed by atoms with Crippen LogP contribution in [0.4, 0.5) is 0 Å². The Morgan fingerprint density at radius 1 is 0.623 bits per heavy atom. The molecule has 0 saturated carbocycles. The van der Waals surface area contributed by atoms with Crippen molar-refractivity contribution in [2.45, 2.75) is 234 Å². The van der Waals surface area contributed by atoms with Gasteiger partial charge in [-0.1, -0.05) is 88.4 Å². The summed E-state index contributed by atoms with van der Waals surface area (Å²) in [7, 11) is 0. The number of esters is 2. The lowest BCUT2D eigenvalue weighted by Crippen LogP contribution is -2.62. The third-order valence-electron chi connectivity index (χ3n) is 21.8. The molecule has 6 heterocycles. The van der Waals surface area contributed by atoms with Crippen LogP contribution in [0, 0.1) is 17.2 Å². The van der Waals surface area contributed by atoms with Crippen LogP contribution in [-0.2, 0) is 110 Å². The van der Waals surface area contributed by atoms with Crippen LogP contribution in [0.15, 0.2) is 85.1 Å². The summed E-state index contributed by atoms with van der Waals surface area (Å²) in [6.07, 6.45) is -5.39. The second-order valence-electron chi connectivity index (χ2n) is 32.0. The van der Waals surface area contributed by atoms with E-state index < -0.39 is 242 Å². The van der Waals surface area contributed by atoms with Crippen LogP contribution >= 0.6 is 0 Å². The SMILES string of the molecule is CC(C)C[C@@H]1NC(=O)[C@@H]2CC(=O)O[C@H](C)[C@H](NC(=O)[C@H](Cc3c[nH]c4ccccc34)NC(=O)[C@@H]3CCCN3C(=O)[C@@H](N)C(C)C)C(=O)N[C@@H](Cc3ccc(O)cc3)C(=O)N[C@@H]3CCCCNC(=O)C[C@@H](C(=O)N[C@@H](CCCNC(=N)N)C(=O)O)NC(=O)[C@H](CCC(=O)OC[C@H](NC(=O)[C@@H]4CCCN4C(=O)[C@H](Cc4ccccc4)NC3=O)C(=O)N2)NC1=O. The van der Waals surface area contributed by atoms with E-state index >= 15 is 43.2 Å². The quantitative estimate of drug-likeness (QED) is 0.0171. The first kappa shape index (κ1) is 93.1. The summed E-state index contributed by atoms with van der Waals surface area (Å²) >= 11 is 0. The van der Waals surface area contributed by atoms with Gasteiger partial charge in [0.1, 0.15) is 97.0 Å². The highest BCUT2D eigenvalue weighted by atomic mass is 16.5. The van der Waals surface area contributed by atoms with Crippen molar-refractivity contribution < 1.29 is 101 Å². The Kier molecular flexibility index (Phi) is 33.5. The molecule has 660 valence electrons. The standard InChI is InChI=1S/C82H111N19O21/c1-42(2)34-54-70(108)90-52-28-29-64(104)121-41-60-75(113)94-58(73(111)92-54)39-65(105)122-44(5)67(99-74(112)56(37-47-40-88-50-19-10-9-18-49(47)50)95-76(114)62-23-15-33-101(62)80(118)66(83)43(3)4)78(116)96-55(35-46-24-26-48(102)27-25-46)71(109)89-51(68(106)97-59(36-45-16-7-6-8-17-45)79(117)100-32-14-22-61(100)77(115)98-60)20-11-12-30-86-63(103)38-57(93-69(52)107)72(110)91-53(81(119)120)21-13-31-87-82(84)85/h6-10,16-19,24-27,40,42-44,51-62,66-67,88,102H,11-15,20-23,28-39,41,83H2,1-5H3,(H,86,103)(H,89,109)(H,90,108)(H,91,110)(H,92,111)(H,93,107)(H,94,113)(H,95,114)(H,96,116)(H,97,106)(H,98,115)(H,99,112)(H,119,120)(H4,84,85,87)/t44-,51-,52+,53+,54+,55+,56+,57+,58+,59+,60+,61+,62+,66+,67+/m1/s1. The number of carboxylic acids is 1. The zero-order chi connectivity index (χ0) is 88.6. The molecular formula is C82H111N19O21. The summed E-state index contributed by atoms with van der Waals surface area (Å²) in [4.78, 5) is 259. The highest BCUT2D eigenvalue weighted by Gasteiger charge is 2.45. The van der Waals surface area contributed by atoms with Gasteiger partial charge in [-0.05, 0) is 124 Å². The van der Waals surface area contributed by atoms with Gasteiger partial charge in [0.2, 0.25) is 82.7 Å². The topological polar surface area (TPSA) is 604 Å². The first-order chi connectivity index (χ1) is 58.1. The number of aromatic amines is 1. The number of aromatic hydroxyl groups is 1. The van der Waals surface area contributed by atoms with E-state index in [-0.39, 0.29) is 114 Å². The molecular weight excluding hydrogens is 1590 g/mol. The Bertz CT molecular complexity index is 4510. The van der Waals surface area contributed by atoms with Crippen LogP contribution in [0.2, 0.25) is 0 Å². The summed E-state index contributed by atoms with van der Waals surface area (Å²) in [6, 6.07) is -3.34. The maximum atomic E-state index is 15.9. The lowest BCUT2D eigenvalue weighted by atomic mass is 10.0. The molecule has 3 aromatic carbocycles. The number of guanidine groups is 1. The zero-order valence-corrected chi connectivity index (χ0v) is 68.7. The number of aliphatic carboxylic acids is 1. The summed E-state index contributed by atoms with van der Waals surface area (Å²) in [5.41, 5.74) is 13.6. The number of phenols is 1. The average molecular weight is 1700 g/mol. The number of nitrogens with one attached hydrogen (secondary N) is 15. The van der Waals surface area contributed by atoms with Crippen molar-refractivity contribution in [1.29, 1.82) is 5.41 Å². The number of carboxylic acid groups (broad SMARTS) is 1. The number of ether oxygens (including phenoxy) is 2. The first-order valence-electron chi connectivity index (χ1n) is 41.1. The monoisotopic (exact) mass is 1700 g/mol. The minimum absolute atomic E-state index is 0.00843. The second-order valence-corrected chi connectivity index (χ2v) is 32.0. The van der Waals surface area contributed by atoms with Crippen LogP contribution in [0.5, 0.6) is 5.75 Å². The molecule has 5 fully saturated rings. The fourth-order valence-corrected chi connectivity index (χ4v) is 15.1. The molecule has 0 unspecified atom stereocenters. The minimum atomic E-state index is -2.21. The van der Waals surface area contributed by atoms with Gasteiger partial charge >= 0.3 is 17.9 Å². The van der Waals surface area contributed by atoms with Crippen molar-refractivity contribution in [3.05, 3.63) is 102 Å². The number of H-pyrrole nitrogens is 1. The number of amides is 14. The Morgan fingerprint density at radius 3 is 1.94 bits per heavy atom. The molecule has 15 atom stereocenters. The Hall–Kier alpha value is -12.8. The highest BCUT2D eigenvalue weighted by molar-refractivity contribution is 6.02. The summed E-state index contributed by atoms with van der Waals surface area (Å²) in [5, 5.41) is 62.3. The van der Waals surface area contributed by atoms with E-state index in [0.717, 1.165) is 11.8 Å². The Labute approximate surface area is 703 Å². The number of cyclic esters (lactones) is 1. The molecule has 5 aliphatic heterocycles. The van der Waals surface area contributed by atoms with E-state index in [1.807, 2.05) is 0 Å². The molecule has 5 aliphatic rings. The lowest BCUT2D eigenvalue weighted by molar-refractivity contribution is -0.154. The third-order valence-corrected chi connectivity index (χ3v) is 21.8. The Balaban J connectivity index is 1.20. The second kappa shape index (κ2) is 44.0. The molecule has 0 aliphatic carbocycles. The van der Waals surface area contributed by atoms with Gasteiger partial charge in [-0.15, -0.1) is 0 Å². The van der Waals surface area contributed by atoms with E-state index in [4.69, 9.17) is 26.4 Å². The highest BCUT2D eigenvalue weighted by Crippen LogP contribution is 2.26. The van der Waals surface area contributed by atoms with E-state index in [0.29, 0.717) is 28.5 Å². The van der Waals surface area contributed by atoms with Crippen LogP contribution in [-0.4, -0.2) is 255 Å². The van der Waals surface area contributed by atoms with Crippen molar-refractivity contribution in [3.8, 4) is 5.75 Å². The number of hydrogen-bond acceptors (Lipinski definition) is 22. The number of rotatable bonds is 21. The molecule has 4 bridgehead atoms. The van der Waals surface area contributed by atoms with Gasteiger partial charge < -0.3 is 115 Å². The van der Waals surface area contributed by atoms with E-state index in [1.165, 1.54) is 29.2 Å². The molecule has 9 rings (SSSR count). The molecule has 5 saturated heterocycles. The number of nitrogens with two attached hydrogens (primary N) is 2. The fraction of sp³-hybridized carbons (Fsp3) is 0.537. The van der Waals surface area contributed by atoms with Crippen molar-refractivity contribution in [3.63, 3.8) is 0 Å². The van der Waals surface area contributed by atoms with Gasteiger partial charge in [0.15, 0.2) is 5.96 Å². The normalized spacial score (nSPS) is 25.1. The maximum absolute atomic E-state index is 15.9. The van der Waals surface area contributed by atoms with Crippen molar-refractivity contribution in [1.82, 2.24) is 83.9 Å². The number of aromatic nitrogens is 1. The Morgan fingerprint density at radius 2 is 1.24 bits per heavy atom. The number of fused-ring (bicyclic) bond motifs is 13. The largest absolute Gasteiger partial charge is 0.508 e. The molecule has 0 radical (unpaired) electrons. The van der Waals surface area contributed by atoms with Crippen LogP contribution in [0.25, 0.3) is 10.9 Å². The summed E-state index contributed by atoms with van der Waals surface area (Å²) in [6.45, 7) is 6.55. The maximum Gasteiger partial charge on any atom is 0.326 e. The molecule has 40 heteroatoms. The van der Waals surface area contributed by atoms with Crippen LogP contribution < -0.4 is 80.6 Å². The predicted octanol–water partition coefficient (Wildman–Crippen LogP) is -3.04. The molecule has 21 N–H and O–H groups in total. The smallest absolute Gasteiger partial charge is 0.326 e. The number of para-hydroxylation sites is 1. The van der Waals surface area contributed by atoms with E-state index in [1.54, 1.807) is 88.5 Å². The molecule has 122 heavy (non-hydrogen) atoms. The van der Waals surface area contributed by atoms with E-state index in [9.17, 15) is 48.6 Å². The molecule has 0 spiro atoms. The van der Waals surface area contributed by atoms with E-state index in [2.05, 4.69) is 74.1 Å². The fourth-order valence-electron chi connectivity index (χ4n) is 15.1. The number of nitrogens with zero attached hydrogens (tertiary/aromatic N) is 2. The molecule has 1 aromatic heterocycles. The van der Waals surface area contributed by atoms with Gasteiger partial charge in [-0.3, -0.25) is 82.1 Å². The van der Waals surface area contributed by atoms with Gasteiger partial charge in [0.05, 0.1) is 18.9 Å². The minimum Gasteiger partial charge on any atom is -0.508 e. The van der Waals surface area contributed by atoms with Gasteiger partial charge in [0, 0.05) is 69.0 Å². The van der Waals surface area contributed by atoms with Crippen molar-refractivity contribution in [2.24, 2.45) is 23.3 Å². The van der Waals surface area contributed by atoms with Gasteiger partial charge in [-0.2, -0.15) is 0 Å². The number of carbonyl (C=O) groups excluding carboxylic acids is 16. The number of likely N-dealkylation sites (tertiary alicyclic amines) is 1. The van der Waals surface area contributed by atoms with Gasteiger partial charge in [-0.25, -0.2) is 4.79 Å². The average Bonchev–Trinajstić information content (AvgIpc) is 1.63. The number of phenolic OH excluding ortho intramolecular Hbond substituents is 1. The third kappa shape index (κ3) is 26.4. The number of benzene rings is 3. The van der Waals surface area contributed by atoms with Crippen molar-refractivity contribution >= 4 is 117 Å². The van der Waals surface area contributed by atoms with Crippen LogP contribution in [0.3, 0.4) is 0 Å². The first-order valence-corrected chi connectivity index (χ1v) is 41.1. The number of hydrogen-bond donors (Lipinski definition) is 19. The lowest BCUT2D eigenvalue weighted by Gasteiger charge is -2.31. The molecule has 4 aromatic rings. The summed E-state index contributed by atoms with van der Waals surface area (Å²) in [5.74, 6) is -20.6.